The third-order valence-electron chi connectivity index (χ3n) is 3.44. The molecule has 0 radical (unpaired) electrons. The van der Waals surface area contributed by atoms with E-state index >= 15 is 0 Å². The number of benzene rings is 1. The molecule has 4 nitrogen and oxygen atoms in total. The number of nitrogens with one attached hydrogen (secondary N) is 1. The highest BCUT2D eigenvalue weighted by Crippen LogP contribution is 2.38. The van der Waals surface area contributed by atoms with Gasteiger partial charge in [-0.15, -0.1) is 0 Å². The van der Waals surface area contributed by atoms with Gasteiger partial charge in [-0.25, -0.2) is 0 Å². The van der Waals surface area contributed by atoms with Crippen LogP contribution in [0.2, 0.25) is 0 Å². The van der Waals surface area contributed by atoms with Crippen LogP contribution in [0.4, 0.5) is 26.3 Å². The second-order valence-corrected chi connectivity index (χ2v) is 5.20. The number of rotatable bonds is 3. The molecule has 1 aromatic carbocycles. The average Bonchev–Trinajstić information content (AvgIpc) is 2.92. The summed E-state index contributed by atoms with van der Waals surface area (Å²) in [5, 5.41) is 2.72. The summed E-state index contributed by atoms with van der Waals surface area (Å²) in [5.41, 5.74) is -2.91. The molecule has 1 fully saturated rings. The van der Waals surface area contributed by atoms with Crippen LogP contribution in [0.5, 0.6) is 5.75 Å². The van der Waals surface area contributed by atoms with Crippen LogP contribution in [0, 0.1) is 0 Å². The zero-order chi connectivity index (χ0) is 18.1. The SMILES string of the molecule is COC(=O)[C@@H]1C[C@H](Oc2cc(C(F)(F)F)cc(C(F)(F)F)c2)CN1. The Morgan fingerprint density at radius 2 is 1.62 bits per heavy atom. The molecule has 0 aromatic heterocycles. The molecule has 0 unspecified atom stereocenters. The van der Waals surface area contributed by atoms with Crippen molar-refractivity contribution in [2.24, 2.45) is 0 Å². The highest BCUT2D eigenvalue weighted by molar-refractivity contribution is 5.76. The fourth-order valence-corrected chi connectivity index (χ4v) is 2.30. The Hall–Kier alpha value is -1.97. The number of halogens is 6. The van der Waals surface area contributed by atoms with Crippen molar-refractivity contribution in [1.29, 1.82) is 0 Å². The monoisotopic (exact) mass is 357 g/mol. The summed E-state index contributed by atoms with van der Waals surface area (Å²) in [5.74, 6) is -1.14. The lowest BCUT2D eigenvalue weighted by atomic mass is 10.1. The van der Waals surface area contributed by atoms with Gasteiger partial charge < -0.3 is 14.8 Å². The molecule has 0 saturated carbocycles. The fraction of sp³-hybridized carbons (Fsp3) is 0.500. The second kappa shape index (κ2) is 6.50. The molecule has 1 N–H and O–H groups in total. The summed E-state index contributed by atoms with van der Waals surface area (Å²) < 4.78 is 86.3. The highest BCUT2D eigenvalue weighted by Gasteiger charge is 2.38. The lowest BCUT2D eigenvalue weighted by Crippen LogP contribution is -2.31. The van der Waals surface area contributed by atoms with Gasteiger partial charge in [0.05, 0.1) is 18.2 Å². The van der Waals surface area contributed by atoms with Crippen LogP contribution >= 0.6 is 0 Å². The Morgan fingerprint density at radius 1 is 1.08 bits per heavy atom. The van der Waals surface area contributed by atoms with Gasteiger partial charge in [-0.1, -0.05) is 0 Å². The van der Waals surface area contributed by atoms with Crippen LogP contribution in [0.15, 0.2) is 18.2 Å². The molecule has 0 aliphatic carbocycles. The van der Waals surface area contributed by atoms with E-state index in [1.54, 1.807) is 0 Å². The average molecular weight is 357 g/mol. The van der Waals surface area contributed by atoms with E-state index in [1.807, 2.05) is 0 Å². The van der Waals surface area contributed by atoms with E-state index in [0.717, 1.165) is 0 Å². The van der Waals surface area contributed by atoms with Crippen molar-refractivity contribution < 1.29 is 40.6 Å². The van der Waals surface area contributed by atoms with Gasteiger partial charge in [0.25, 0.3) is 0 Å². The molecule has 24 heavy (non-hydrogen) atoms. The smallest absolute Gasteiger partial charge is 0.416 e. The number of ether oxygens (including phenoxy) is 2. The first-order valence-corrected chi connectivity index (χ1v) is 6.78. The van der Waals surface area contributed by atoms with E-state index in [4.69, 9.17) is 4.74 Å². The maximum absolute atomic E-state index is 12.8. The number of carbonyl (C=O) groups is 1. The van der Waals surface area contributed by atoms with E-state index in [9.17, 15) is 31.1 Å². The zero-order valence-electron chi connectivity index (χ0n) is 12.3. The van der Waals surface area contributed by atoms with Crippen molar-refractivity contribution in [1.82, 2.24) is 5.32 Å². The summed E-state index contributed by atoms with van der Waals surface area (Å²) in [6.07, 6.45) is -10.6. The molecular formula is C14H13F6NO3. The molecule has 0 spiro atoms. The first-order valence-electron chi connectivity index (χ1n) is 6.78. The molecule has 10 heteroatoms. The number of carbonyl (C=O) groups excluding carboxylic acids is 1. The minimum absolute atomic E-state index is 0.0248. The van der Waals surface area contributed by atoms with Gasteiger partial charge in [-0.3, -0.25) is 4.79 Å². The van der Waals surface area contributed by atoms with Crippen molar-refractivity contribution in [3.63, 3.8) is 0 Å². The van der Waals surface area contributed by atoms with Crippen LogP contribution in [0.3, 0.4) is 0 Å². The van der Waals surface area contributed by atoms with Crippen molar-refractivity contribution in [2.45, 2.75) is 30.9 Å². The summed E-state index contributed by atoms with van der Waals surface area (Å²) in [4.78, 5) is 11.3. The second-order valence-electron chi connectivity index (χ2n) is 5.20. The van der Waals surface area contributed by atoms with Crippen LogP contribution in [-0.4, -0.2) is 31.8 Å². The van der Waals surface area contributed by atoms with Crippen LogP contribution in [0.25, 0.3) is 0 Å². The van der Waals surface area contributed by atoms with Crippen molar-refractivity contribution in [3.05, 3.63) is 29.3 Å². The molecule has 1 saturated heterocycles. The number of hydrogen-bond donors (Lipinski definition) is 1. The number of methoxy groups -OCH3 is 1. The molecule has 1 heterocycles. The minimum atomic E-state index is -4.94. The number of esters is 1. The van der Waals surface area contributed by atoms with E-state index < -0.39 is 47.3 Å². The van der Waals surface area contributed by atoms with Crippen LogP contribution < -0.4 is 10.1 Å². The molecule has 0 bridgehead atoms. The predicted octanol–water partition coefficient (Wildman–Crippen LogP) is 3.01. The molecule has 1 aromatic rings. The fourth-order valence-electron chi connectivity index (χ4n) is 2.30. The topological polar surface area (TPSA) is 47.6 Å². The Kier molecular flexibility index (Phi) is 4.97. The van der Waals surface area contributed by atoms with Gasteiger partial charge in [-0.2, -0.15) is 26.3 Å². The maximum atomic E-state index is 12.8. The van der Waals surface area contributed by atoms with Crippen molar-refractivity contribution in [2.75, 3.05) is 13.7 Å². The van der Waals surface area contributed by atoms with E-state index in [-0.39, 0.29) is 19.0 Å². The number of alkyl halides is 6. The van der Waals surface area contributed by atoms with E-state index in [2.05, 4.69) is 10.1 Å². The summed E-state index contributed by atoms with van der Waals surface area (Å²) in [6.45, 7) is 0.0946. The molecule has 1 aliphatic heterocycles. The standard InChI is InChI=1S/C14H13F6NO3/c1-23-12(22)11-5-10(6-21-11)24-9-3-7(13(15,16)17)2-8(4-9)14(18,19)20/h2-4,10-11,21H,5-6H2,1H3/t10-,11-/m0/s1. The summed E-state index contributed by atoms with van der Waals surface area (Å²) in [6, 6.07) is 0.311. The van der Waals surface area contributed by atoms with Crippen molar-refractivity contribution in [3.8, 4) is 5.75 Å². The van der Waals surface area contributed by atoms with E-state index in [1.165, 1.54) is 7.11 Å². The van der Waals surface area contributed by atoms with Gasteiger partial charge in [0, 0.05) is 13.0 Å². The Balaban J connectivity index is 2.22. The normalized spacial score (nSPS) is 21.6. The number of hydrogen-bond acceptors (Lipinski definition) is 4. The highest BCUT2D eigenvalue weighted by atomic mass is 19.4. The first-order chi connectivity index (χ1) is 11.0. The van der Waals surface area contributed by atoms with Gasteiger partial charge in [0.1, 0.15) is 17.9 Å². The molecule has 0 amide bonds. The molecule has 134 valence electrons. The van der Waals surface area contributed by atoms with Crippen LogP contribution in [0.1, 0.15) is 17.5 Å². The van der Waals surface area contributed by atoms with Crippen LogP contribution in [-0.2, 0) is 21.9 Å². The lowest BCUT2D eigenvalue weighted by molar-refractivity contribution is -0.144. The van der Waals surface area contributed by atoms with Gasteiger partial charge >= 0.3 is 18.3 Å². The van der Waals surface area contributed by atoms with Gasteiger partial charge in [0.15, 0.2) is 0 Å². The third kappa shape index (κ3) is 4.31. The maximum Gasteiger partial charge on any atom is 0.416 e. The Labute approximate surface area is 132 Å². The van der Waals surface area contributed by atoms with Gasteiger partial charge in [0.2, 0.25) is 0 Å². The Morgan fingerprint density at radius 3 is 2.08 bits per heavy atom. The minimum Gasteiger partial charge on any atom is -0.489 e. The zero-order valence-corrected chi connectivity index (χ0v) is 12.3. The lowest BCUT2D eigenvalue weighted by Gasteiger charge is -2.17. The molecule has 1 aliphatic rings. The van der Waals surface area contributed by atoms with Crippen molar-refractivity contribution >= 4 is 5.97 Å². The summed E-state index contributed by atoms with van der Waals surface area (Å²) >= 11 is 0. The quantitative estimate of drug-likeness (QED) is 0.667. The largest absolute Gasteiger partial charge is 0.489 e. The molecule has 2 atom stereocenters. The predicted molar refractivity (Wildman–Crippen MR) is 69.3 cm³/mol. The summed E-state index contributed by atoms with van der Waals surface area (Å²) in [7, 11) is 1.17. The van der Waals surface area contributed by atoms with Gasteiger partial charge in [-0.05, 0) is 18.2 Å². The molecule has 2 rings (SSSR count). The molecular weight excluding hydrogens is 344 g/mol. The Bertz CT molecular complexity index is 581. The third-order valence-corrected chi connectivity index (χ3v) is 3.44. The van der Waals surface area contributed by atoms with E-state index in [0.29, 0.717) is 12.1 Å². The first kappa shape index (κ1) is 18.4.